The largest absolute Gasteiger partial charge is 0.393 e. The number of carbonyl (C=O) groups excluding carboxylic acids is 1. The monoisotopic (exact) mass is 226 g/mol. The fraction of sp³-hybridized carbons (Fsp3) is 0.917. The Hall–Kier alpha value is -0.610. The molecular formula is C12H22N2O2. The van der Waals surface area contributed by atoms with E-state index in [-0.39, 0.29) is 24.0 Å². The average molecular weight is 226 g/mol. The van der Waals surface area contributed by atoms with Crippen LogP contribution in [0.25, 0.3) is 0 Å². The second kappa shape index (κ2) is 5.15. The van der Waals surface area contributed by atoms with Crippen LogP contribution in [-0.2, 0) is 4.79 Å². The molecule has 0 bridgehead atoms. The molecule has 1 saturated carbocycles. The molecule has 2 fully saturated rings. The molecule has 4 nitrogen and oxygen atoms in total. The topological polar surface area (TPSA) is 61.4 Å². The van der Waals surface area contributed by atoms with Gasteiger partial charge < -0.3 is 15.7 Å². The van der Waals surface area contributed by atoms with Crippen molar-refractivity contribution in [3.8, 4) is 0 Å². The molecular weight excluding hydrogens is 204 g/mol. The normalized spacial score (nSPS) is 39.6. The van der Waals surface area contributed by atoms with Gasteiger partial charge in [-0.3, -0.25) is 4.79 Å². The van der Waals surface area contributed by atoms with Crippen molar-refractivity contribution in [2.45, 2.75) is 44.8 Å². The van der Waals surface area contributed by atoms with E-state index in [0.29, 0.717) is 5.92 Å². The molecule has 16 heavy (non-hydrogen) atoms. The van der Waals surface area contributed by atoms with E-state index in [0.717, 1.165) is 38.8 Å². The molecule has 2 rings (SSSR count). The van der Waals surface area contributed by atoms with Crippen LogP contribution in [-0.4, -0.2) is 36.2 Å². The van der Waals surface area contributed by atoms with Gasteiger partial charge in [-0.1, -0.05) is 6.92 Å². The number of rotatable bonds is 2. The Morgan fingerprint density at radius 3 is 2.50 bits per heavy atom. The van der Waals surface area contributed by atoms with E-state index in [2.05, 4.69) is 17.6 Å². The first-order valence-corrected chi connectivity index (χ1v) is 6.36. The summed E-state index contributed by atoms with van der Waals surface area (Å²) in [4.78, 5) is 12.0. The number of nitrogens with one attached hydrogen (secondary N) is 2. The van der Waals surface area contributed by atoms with Crippen LogP contribution in [0.1, 0.15) is 32.6 Å². The van der Waals surface area contributed by atoms with Crippen LogP contribution in [0.15, 0.2) is 0 Å². The first-order chi connectivity index (χ1) is 7.66. The third-order valence-electron chi connectivity index (χ3n) is 3.90. The Morgan fingerprint density at radius 2 is 1.94 bits per heavy atom. The summed E-state index contributed by atoms with van der Waals surface area (Å²) in [6.45, 7) is 3.87. The van der Waals surface area contributed by atoms with E-state index in [9.17, 15) is 9.90 Å². The minimum Gasteiger partial charge on any atom is -0.393 e. The fourth-order valence-corrected chi connectivity index (χ4v) is 2.69. The first-order valence-electron chi connectivity index (χ1n) is 6.36. The van der Waals surface area contributed by atoms with Crippen LogP contribution in [0.4, 0.5) is 0 Å². The molecule has 1 aliphatic carbocycles. The lowest BCUT2D eigenvalue weighted by molar-refractivity contribution is -0.126. The van der Waals surface area contributed by atoms with Gasteiger partial charge >= 0.3 is 0 Å². The van der Waals surface area contributed by atoms with Crippen molar-refractivity contribution in [3.63, 3.8) is 0 Å². The van der Waals surface area contributed by atoms with Gasteiger partial charge in [-0.25, -0.2) is 0 Å². The second-order valence-corrected chi connectivity index (χ2v) is 5.26. The molecule has 2 atom stereocenters. The fourth-order valence-electron chi connectivity index (χ4n) is 2.69. The van der Waals surface area contributed by atoms with Gasteiger partial charge in [0.15, 0.2) is 0 Å². The molecule has 92 valence electrons. The highest BCUT2D eigenvalue weighted by atomic mass is 16.3. The Kier molecular flexibility index (Phi) is 3.82. The van der Waals surface area contributed by atoms with Gasteiger partial charge in [0, 0.05) is 12.6 Å². The zero-order valence-corrected chi connectivity index (χ0v) is 9.91. The van der Waals surface area contributed by atoms with Crippen LogP contribution < -0.4 is 10.6 Å². The first kappa shape index (κ1) is 11.9. The molecule has 1 heterocycles. The molecule has 1 aliphatic heterocycles. The Bertz CT molecular complexity index is 249. The van der Waals surface area contributed by atoms with Crippen molar-refractivity contribution in [1.29, 1.82) is 0 Å². The minimum atomic E-state index is -0.153. The maximum absolute atomic E-state index is 12.0. The van der Waals surface area contributed by atoms with Gasteiger partial charge in [-0.15, -0.1) is 0 Å². The van der Waals surface area contributed by atoms with Gasteiger partial charge in [-0.2, -0.15) is 0 Å². The summed E-state index contributed by atoms with van der Waals surface area (Å²) in [6, 6.07) is 0.281. The highest BCUT2D eigenvalue weighted by molar-refractivity contribution is 5.79. The van der Waals surface area contributed by atoms with Crippen LogP contribution in [0.5, 0.6) is 0 Å². The quantitative estimate of drug-likeness (QED) is 0.633. The summed E-state index contributed by atoms with van der Waals surface area (Å²) < 4.78 is 0. The van der Waals surface area contributed by atoms with E-state index >= 15 is 0 Å². The predicted molar refractivity (Wildman–Crippen MR) is 61.9 cm³/mol. The van der Waals surface area contributed by atoms with Crippen LogP contribution in [0, 0.1) is 11.8 Å². The van der Waals surface area contributed by atoms with E-state index in [1.54, 1.807) is 0 Å². The third-order valence-corrected chi connectivity index (χ3v) is 3.90. The van der Waals surface area contributed by atoms with Gasteiger partial charge in [0.1, 0.15) is 0 Å². The zero-order valence-electron chi connectivity index (χ0n) is 9.91. The second-order valence-electron chi connectivity index (χ2n) is 5.26. The van der Waals surface area contributed by atoms with Crippen molar-refractivity contribution in [3.05, 3.63) is 0 Å². The maximum atomic E-state index is 12.0. The summed E-state index contributed by atoms with van der Waals surface area (Å²) in [5, 5.41) is 15.8. The van der Waals surface area contributed by atoms with E-state index in [4.69, 9.17) is 0 Å². The van der Waals surface area contributed by atoms with Gasteiger partial charge in [0.2, 0.25) is 5.91 Å². The number of hydrogen-bond donors (Lipinski definition) is 3. The van der Waals surface area contributed by atoms with Gasteiger partial charge in [0.25, 0.3) is 0 Å². The average Bonchev–Trinajstić information content (AvgIpc) is 2.68. The summed E-state index contributed by atoms with van der Waals surface area (Å²) in [7, 11) is 0. The lowest BCUT2D eigenvalue weighted by Gasteiger charge is -2.27. The molecule has 2 aliphatic rings. The molecule has 4 heteroatoms. The highest BCUT2D eigenvalue weighted by Gasteiger charge is 2.31. The molecule has 1 saturated heterocycles. The maximum Gasteiger partial charge on any atom is 0.224 e. The summed E-state index contributed by atoms with van der Waals surface area (Å²) in [6.07, 6.45) is 3.33. The standard InChI is InChI=1S/C12H22N2O2/c1-8-6-13-7-11(8)12(16)14-9-2-4-10(15)5-3-9/h8-11,13,15H,2-7H2,1H3,(H,14,16). The molecule has 0 aromatic heterocycles. The summed E-state index contributed by atoms with van der Waals surface area (Å²) >= 11 is 0. The molecule has 0 aromatic carbocycles. The Morgan fingerprint density at radius 1 is 1.25 bits per heavy atom. The molecule has 3 N–H and O–H groups in total. The SMILES string of the molecule is CC1CNCC1C(=O)NC1CCC(O)CC1. The number of amides is 1. The predicted octanol–water partition coefficient (Wildman–Crippen LogP) is 0.262. The Balaban J connectivity index is 1.78. The number of carbonyl (C=O) groups is 1. The summed E-state index contributed by atoms with van der Waals surface area (Å²) in [5.74, 6) is 0.764. The number of aliphatic hydroxyl groups excluding tert-OH is 1. The molecule has 2 unspecified atom stereocenters. The summed E-state index contributed by atoms with van der Waals surface area (Å²) in [5.41, 5.74) is 0. The zero-order chi connectivity index (χ0) is 11.5. The smallest absolute Gasteiger partial charge is 0.224 e. The van der Waals surface area contributed by atoms with Crippen molar-refractivity contribution < 1.29 is 9.90 Å². The number of hydrogen-bond acceptors (Lipinski definition) is 3. The van der Waals surface area contributed by atoms with Crippen LogP contribution in [0.2, 0.25) is 0 Å². The van der Waals surface area contributed by atoms with E-state index in [1.807, 2.05) is 0 Å². The number of aliphatic hydroxyl groups is 1. The van der Waals surface area contributed by atoms with Gasteiger partial charge in [-0.05, 0) is 38.1 Å². The van der Waals surface area contributed by atoms with Crippen molar-refractivity contribution in [2.75, 3.05) is 13.1 Å². The molecule has 0 spiro atoms. The lowest BCUT2D eigenvalue weighted by Crippen LogP contribution is -2.43. The van der Waals surface area contributed by atoms with E-state index in [1.165, 1.54) is 0 Å². The van der Waals surface area contributed by atoms with Crippen molar-refractivity contribution in [1.82, 2.24) is 10.6 Å². The molecule has 0 aromatic rings. The van der Waals surface area contributed by atoms with Crippen molar-refractivity contribution >= 4 is 5.91 Å². The molecule has 0 radical (unpaired) electrons. The third kappa shape index (κ3) is 2.74. The van der Waals surface area contributed by atoms with Crippen LogP contribution in [0.3, 0.4) is 0 Å². The van der Waals surface area contributed by atoms with Gasteiger partial charge in [0.05, 0.1) is 12.0 Å². The van der Waals surface area contributed by atoms with E-state index < -0.39 is 0 Å². The van der Waals surface area contributed by atoms with Crippen molar-refractivity contribution in [2.24, 2.45) is 11.8 Å². The highest BCUT2D eigenvalue weighted by Crippen LogP contribution is 2.20. The lowest BCUT2D eigenvalue weighted by atomic mass is 9.91. The minimum absolute atomic E-state index is 0.131. The van der Waals surface area contributed by atoms with Crippen LogP contribution >= 0.6 is 0 Å². The Labute approximate surface area is 96.8 Å². The molecule has 1 amide bonds.